The maximum Gasteiger partial charge on any atom is 0.349 e. The van der Waals surface area contributed by atoms with Gasteiger partial charge in [-0.3, -0.25) is 0 Å². The Balaban J connectivity index is 1.69. The molecule has 0 aliphatic heterocycles. The zero-order chi connectivity index (χ0) is 17.1. The first-order chi connectivity index (χ1) is 11.5. The van der Waals surface area contributed by atoms with Crippen LogP contribution in [0, 0.1) is 6.92 Å². The molecule has 0 bridgehead atoms. The fourth-order valence-electron chi connectivity index (χ4n) is 2.34. The molecular weight excluding hydrogens is 436 g/mol. The number of esters is 1. The van der Waals surface area contributed by atoms with Gasteiger partial charge in [0.25, 0.3) is 0 Å². The molecule has 5 heteroatoms. The van der Waals surface area contributed by atoms with Gasteiger partial charge in [0, 0.05) is 4.47 Å². The second kappa shape index (κ2) is 7.36. The lowest BCUT2D eigenvalue weighted by Gasteiger charge is -2.11. The van der Waals surface area contributed by atoms with Crippen LogP contribution >= 0.6 is 31.9 Å². The average molecular weight is 450 g/mol. The van der Waals surface area contributed by atoms with Crippen molar-refractivity contribution >= 4 is 48.6 Å². The number of halogens is 2. The van der Waals surface area contributed by atoms with Gasteiger partial charge < -0.3 is 9.47 Å². The standard InChI is InChI=1S/C19H14Br2O3/c1-12-10-14(20)7-9-16(12)24-18(22)11-23-17-8-6-13-4-2-3-5-15(13)19(17)21/h2-10H,11H2,1H3. The van der Waals surface area contributed by atoms with Crippen molar-refractivity contribution in [2.24, 2.45) is 0 Å². The minimum Gasteiger partial charge on any atom is -0.481 e. The number of rotatable bonds is 4. The van der Waals surface area contributed by atoms with Crippen LogP contribution < -0.4 is 9.47 Å². The van der Waals surface area contributed by atoms with E-state index in [-0.39, 0.29) is 6.61 Å². The highest BCUT2D eigenvalue weighted by molar-refractivity contribution is 9.11. The van der Waals surface area contributed by atoms with Crippen LogP contribution in [0.15, 0.2) is 63.5 Å². The van der Waals surface area contributed by atoms with Crippen LogP contribution in [0.25, 0.3) is 10.8 Å². The van der Waals surface area contributed by atoms with E-state index >= 15 is 0 Å². The van der Waals surface area contributed by atoms with Gasteiger partial charge in [-0.15, -0.1) is 0 Å². The van der Waals surface area contributed by atoms with Crippen LogP contribution in [-0.2, 0) is 4.79 Å². The summed E-state index contributed by atoms with van der Waals surface area (Å²) in [6.45, 7) is 1.72. The molecule has 0 saturated carbocycles. The summed E-state index contributed by atoms with van der Waals surface area (Å²) < 4.78 is 12.7. The average Bonchev–Trinajstić information content (AvgIpc) is 2.57. The SMILES string of the molecule is Cc1cc(Br)ccc1OC(=O)COc1ccc2ccccc2c1Br. The predicted molar refractivity (Wildman–Crippen MR) is 102 cm³/mol. The quantitative estimate of drug-likeness (QED) is 0.381. The Labute approximate surface area is 156 Å². The first-order valence-electron chi connectivity index (χ1n) is 7.31. The number of fused-ring (bicyclic) bond motifs is 1. The summed E-state index contributed by atoms with van der Waals surface area (Å²) in [4.78, 5) is 12.0. The van der Waals surface area contributed by atoms with Crippen LogP contribution in [0.4, 0.5) is 0 Å². The number of carbonyl (C=O) groups excluding carboxylic acids is 1. The number of aryl methyl sites for hydroxylation is 1. The molecular formula is C19H14Br2O3. The molecule has 122 valence electrons. The topological polar surface area (TPSA) is 35.5 Å². The fourth-order valence-corrected chi connectivity index (χ4v) is 3.42. The van der Waals surface area contributed by atoms with E-state index < -0.39 is 5.97 Å². The van der Waals surface area contributed by atoms with E-state index in [1.54, 1.807) is 6.07 Å². The van der Waals surface area contributed by atoms with Crippen molar-refractivity contribution in [3.05, 3.63) is 69.1 Å². The molecule has 0 N–H and O–H groups in total. The number of benzene rings is 3. The Hall–Kier alpha value is -1.85. The Morgan fingerprint density at radius 2 is 1.75 bits per heavy atom. The Morgan fingerprint density at radius 1 is 1.00 bits per heavy atom. The number of hydrogen-bond acceptors (Lipinski definition) is 3. The van der Waals surface area contributed by atoms with Gasteiger partial charge in [-0.05, 0) is 63.5 Å². The third kappa shape index (κ3) is 3.79. The molecule has 3 aromatic carbocycles. The molecule has 0 unspecified atom stereocenters. The molecule has 0 radical (unpaired) electrons. The number of hydrogen-bond donors (Lipinski definition) is 0. The molecule has 24 heavy (non-hydrogen) atoms. The minimum absolute atomic E-state index is 0.160. The van der Waals surface area contributed by atoms with Crippen molar-refractivity contribution < 1.29 is 14.3 Å². The van der Waals surface area contributed by atoms with E-state index in [9.17, 15) is 4.79 Å². The molecule has 0 atom stereocenters. The Bertz CT molecular complexity index is 906. The molecule has 0 fully saturated rings. The molecule has 0 spiro atoms. The number of carbonyl (C=O) groups is 1. The van der Waals surface area contributed by atoms with Crippen molar-refractivity contribution in [2.75, 3.05) is 6.61 Å². The van der Waals surface area contributed by atoms with E-state index in [0.717, 1.165) is 25.3 Å². The molecule has 0 aliphatic carbocycles. The van der Waals surface area contributed by atoms with Gasteiger partial charge in [-0.25, -0.2) is 4.79 Å². The lowest BCUT2D eigenvalue weighted by molar-refractivity contribution is -0.136. The summed E-state index contributed by atoms with van der Waals surface area (Å²) in [6, 6.07) is 17.2. The highest BCUT2D eigenvalue weighted by atomic mass is 79.9. The molecule has 0 aliphatic rings. The summed E-state index contributed by atoms with van der Waals surface area (Å²) in [5.41, 5.74) is 0.879. The second-order valence-electron chi connectivity index (χ2n) is 5.27. The molecule has 3 aromatic rings. The highest BCUT2D eigenvalue weighted by Crippen LogP contribution is 2.33. The normalized spacial score (nSPS) is 10.6. The summed E-state index contributed by atoms with van der Waals surface area (Å²) >= 11 is 6.92. The third-order valence-electron chi connectivity index (χ3n) is 3.53. The predicted octanol–water partition coefficient (Wildman–Crippen LogP) is 5.66. The zero-order valence-electron chi connectivity index (χ0n) is 12.9. The summed E-state index contributed by atoms with van der Waals surface area (Å²) in [6.07, 6.45) is 0. The van der Waals surface area contributed by atoms with Gasteiger partial charge in [-0.1, -0.05) is 46.3 Å². The maximum atomic E-state index is 12.0. The summed E-state index contributed by atoms with van der Waals surface area (Å²) in [5.74, 6) is 0.697. The first kappa shape index (κ1) is 17.0. The molecule has 3 nitrogen and oxygen atoms in total. The molecule has 0 saturated heterocycles. The minimum atomic E-state index is -0.444. The first-order valence-corrected chi connectivity index (χ1v) is 8.90. The number of ether oxygens (including phenoxy) is 2. The van der Waals surface area contributed by atoms with E-state index in [0.29, 0.717) is 11.5 Å². The van der Waals surface area contributed by atoms with Gasteiger partial charge in [0.1, 0.15) is 11.5 Å². The lowest BCUT2D eigenvalue weighted by Crippen LogP contribution is -2.18. The third-order valence-corrected chi connectivity index (χ3v) is 4.85. The van der Waals surface area contributed by atoms with E-state index in [4.69, 9.17) is 9.47 Å². The lowest BCUT2D eigenvalue weighted by atomic mass is 10.1. The van der Waals surface area contributed by atoms with Crippen LogP contribution in [0.2, 0.25) is 0 Å². The molecule has 0 amide bonds. The van der Waals surface area contributed by atoms with Gasteiger partial charge in [0.15, 0.2) is 6.61 Å². The van der Waals surface area contributed by atoms with Crippen molar-refractivity contribution in [3.8, 4) is 11.5 Å². The Morgan fingerprint density at radius 3 is 2.54 bits per heavy atom. The van der Waals surface area contributed by atoms with Gasteiger partial charge in [-0.2, -0.15) is 0 Å². The molecule has 3 rings (SSSR count). The largest absolute Gasteiger partial charge is 0.481 e. The molecule has 0 aromatic heterocycles. The highest BCUT2D eigenvalue weighted by Gasteiger charge is 2.11. The van der Waals surface area contributed by atoms with E-state index in [1.165, 1.54) is 0 Å². The van der Waals surface area contributed by atoms with Crippen LogP contribution in [0.3, 0.4) is 0 Å². The van der Waals surface area contributed by atoms with E-state index in [2.05, 4.69) is 31.9 Å². The Kier molecular flexibility index (Phi) is 5.21. The maximum absolute atomic E-state index is 12.0. The van der Waals surface area contributed by atoms with Gasteiger partial charge in [0.2, 0.25) is 0 Å². The molecule has 0 heterocycles. The zero-order valence-corrected chi connectivity index (χ0v) is 16.1. The summed E-state index contributed by atoms with van der Waals surface area (Å²) in [5, 5.41) is 2.14. The van der Waals surface area contributed by atoms with Crippen LogP contribution in [-0.4, -0.2) is 12.6 Å². The van der Waals surface area contributed by atoms with Crippen molar-refractivity contribution in [3.63, 3.8) is 0 Å². The second-order valence-corrected chi connectivity index (χ2v) is 6.98. The van der Waals surface area contributed by atoms with Crippen LogP contribution in [0.5, 0.6) is 11.5 Å². The van der Waals surface area contributed by atoms with Crippen molar-refractivity contribution in [2.45, 2.75) is 6.92 Å². The summed E-state index contributed by atoms with van der Waals surface area (Å²) in [7, 11) is 0. The monoisotopic (exact) mass is 448 g/mol. The van der Waals surface area contributed by atoms with Gasteiger partial charge in [0.05, 0.1) is 4.47 Å². The van der Waals surface area contributed by atoms with Crippen molar-refractivity contribution in [1.29, 1.82) is 0 Å². The van der Waals surface area contributed by atoms with Crippen molar-refractivity contribution in [1.82, 2.24) is 0 Å². The van der Waals surface area contributed by atoms with Gasteiger partial charge >= 0.3 is 5.97 Å². The van der Waals surface area contributed by atoms with Crippen LogP contribution in [0.1, 0.15) is 5.56 Å². The van der Waals surface area contributed by atoms with E-state index in [1.807, 2.05) is 55.5 Å². The fraction of sp³-hybridized carbons (Fsp3) is 0.105. The smallest absolute Gasteiger partial charge is 0.349 e.